The SMILES string of the molecule is CS(=O)CCCN1CC(=O)NC2(CCCC2)C1=O. The van der Waals surface area contributed by atoms with Gasteiger partial charge in [-0.1, -0.05) is 12.8 Å². The summed E-state index contributed by atoms with van der Waals surface area (Å²) in [5, 5.41) is 2.88. The van der Waals surface area contributed by atoms with Gasteiger partial charge in [0.1, 0.15) is 5.54 Å². The van der Waals surface area contributed by atoms with Crippen molar-refractivity contribution >= 4 is 22.6 Å². The summed E-state index contributed by atoms with van der Waals surface area (Å²) in [6, 6.07) is 0. The molecule has 1 saturated heterocycles. The number of nitrogens with one attached hydrogen (secondary N) is 1. The molecule has 1 aliphatic heterocycles. The van der Waals surface area contributed by atoms with Gasteiger partial charge in [-0.2, -0.15) is 0 Å². The zero-order valence-electron chi connectivity index (χ0n) is 10.7. The fraction of sp³-hybridized carbons (Fsp3) is 0.833. The number of hydrogen-bond acceptors (Lipinski definition) is 3. The fourth-order valence-electron chi connectivity index (χ4n) is 2.86. The van der Waals surface area contributed by atoms with Gasteiger partial charge in [-0.05, 0) is 19.3 Å². The van der Waals surface area contributed by atoms with Crippen molar-refractivity contribution < 1.29 is 13.8 Å². The molecule has 2 rings (SSSR count). The minimum atomic E-state index is -0.839. The van der Waals surface area contributed by atoms with Gasteiger partial charge in [0.05, 0.1) is 6.54 Å². The molecule has 6 heteroatoms. The van der Waals surface area contributed by atoms with E-state index in [0.717, 1.165) is 25.7 Å². The molecule has 0 bridgehead atoms. The van der Waals surface area contributed by atoms with Crippen LogP contribution in [0.2, 0.25) is 0 Å². The Balaban J connectivity index is 1.99. The van der Waals surface area contributed by atoms with Gasteiger partial charge in [0.15, 0.2) is 0 Å². The monoisotopic (exact) mass is 272 g/mol. The molecule has 0 radical (unpaired) electrons. The minimum absolute atomic E-state index is 0.0569. The molecule has 1 saturated carbocycles. The molecular formula is C12H20N2O3S. The molecule has 1 unspecified atom stereocenters. The number of hydrogen-bond donors (Lipinski definition) is 1. The Hall–Kier alpha value is -0.910. The zero-order chi connectivity index (χ0) is 13.2. The van der Waals surface area contributed by atoms with Gasteiger partial charge in [0.2, 0.25) is 11.8 Å². The molecule has 5 nitrogen and oxygen atoms in total. The van der Waals surface area contributed by atoms with E-state index < -0.39 is 16.3 Å². The Morgan fingerprint density at radius 3 is 2.61 bits per heavy atom. The van der Waals surface area contributed by atoms with Crippen molar-refractivity contribution in [1.29, 1.82) is 0 Å². The van der Waals surface area contributed by atoms with Crippen molar-refractivity contribution in [2.24, 2.45) is 0 Å². The van der Waals surface area contributed by atoms with E-state index in [1.165, 1.54) is 0 Å². The Kier molecular flexibility index (Phi) is 4.04. The van der Waals surface area contributed by atoms with Gasteiger partial charge in [-0.15, -0.1) is 0 Å². The minimum Gasteiger partial charge on any atom is -0.340 e. The summed E-state index contributed by atoms with van der Waals surface area (Å²) in [7, 11) is -0.839. The summed E-state index contributed by atoms with van der Waals surface area (Å²) in [4.78, 5) is 25.8. The van der Waals surface area contributed by atoms with Gasteiger partial charge in [-0.3, -0.25) is 13.8 Å². The number of nitrogens with zero attached hydrogens (tertiary/aromatic N) is 1. The summed E-state index contributed by atoms with van der Waals surface area (Å²) in [6.45, 7) is 0.685. The lowest BCUT2D eigenvalue weighted by Gasteiger charge is -2.39. The van der Waals surface area contributed by atoms with Crippen molar-refractivity contribution in [1.82, 2.24) is 10.2 Å². The standard InChI is InChI=1S/C12H20N2O3S/c1-18(17)8-4-7-14-9-10(15)13-12(11(14)16)5-2-3-6-12/h2-9H2,1H3,(H,13,15). The maximum Gasteiger partial charge on any atom is 0.248 e. The van der Waals surface area contributed by atoms with Crippen molar-refractivity contribution in [3.8, 4) is 0 Å². The summed E-state index contributed by atoms with van der Waals surface area (Å²) in [5.41, 5.74) is -0.624. The highest BCUT2D eigenvalue weighted by atomic mass is 32.2. The first-order valence-corrected chi connectivity index (χ1v) is 8.17. The first-order valence-electron chi connectivity index (χ1n) is 6.44. The first kappa shape index (κ1) is 13.5. The van der Waals surface area contributed by atoms with E-state index in [9.17, 15) is 13.8 Å². The molecule has 1 spiro atoms. The van der Waals surface area contributed by atoms with Crippen LogP contribution in [0.15, 0.2) is 0 Å². The lowest BCUT2D eigenvalue weighted by Crippen LogP contribution is -2.65. The zero-order valence-corrected chi connectivity index (χ0v) is 11.6. The molecule has 2 aliphatic rings. The van der Waals surface area contributed by atoms with E-state index in [0.29, 0.717) is 18.7 Å². The highest BCUT2D eigenvalue weighted by Crippen LogP contribution is 2.33. The predicted molar refractivity (Wildman–Crippen MR) is 69.5 cm³/mol. The third-order valence-electron chi connectivity index (χ3n) is 3.73. The second kappa shape index (κ2) is 5.38. The van der Waals surface area contributed by atoms with Crippen LogP contribution in [-0.2, 0) is 20.4 Å². The van der Waals surface area contributed by atoms with Gasteiger partial charge < -0.3 is 10.2 Å². The Labute approximate surface area is 110 Å². The Morgan fingerprint density at radius 1 is 1.33 bits per heavy atom. The van der Waals surface area contributed by atoms with Crippen LogP contribution >= 0.6 is 0 Å². The number of amides is 2. The third kappa shape index (κ3) is 2.74. The summed E-state index contributed by atoms with van der Waals surface area (Å²) >= 11 is 0. The highest BCUT2D eigenvalue weighted by Gasteiger charge is 2.47. The van der Waals surface area contributed by atoms with Crippen LogP contribution < -0.4 is 5.32 Å². The molecule has 1 aliphatic carbocycles. The quantitative estimate of drug-likeness (QED) is 0.785. The average Bonchev–Trinajstić information content (AvgIpc) is 2.74. The van der Waals surface area contributed by atoms with E-state index in [1.54, 1.807) is 11.2 Å². The molecule has 0 aromatic heterocycles. The molecule has 2 amide bonds. The largest absolute Gasteiger partial charge is 0.340 e. The number of carbonyl (C=O) groups is 2. The van der Waals surface area contributed by atoms with E-state index in [-0.39, 0.29) is 18.4 Å². The van der Waals surface area contributed by atoms with Crippen molar-refractivity contribution in [3.05, 3.63) is 0 Å². The molecule has 1 atom stereocenters. The van der Waals surface area contributed by atoms with Crippen LogP contribution in [0.25, 0.3) is 0 Å². The van der Waals surface area contributed by atoms with Gasteiger partial charge in [0, 0.05) is 29.4 Å². The maximum atomic E-state index is 12.4. The maximum absolute atomic E-state index is 12.4. The smallest absolute Gasteiger partial charge is 0.248 e. The summed E-state index contributed by atoms with van der Waals surface area (Å²) in [6.07, 6.45) is 5.86. The van der Waals surface area contributed by atoms with E-state index in [1.807, 2.05) is 0 Å². The van der Waals surface area contributed by atoms with Crippen molar-refractivity contribution in [2.45, 2.75) is 37.6 Å². The van der Waals surface area contributed by atoms with Gasteiger partial charge in [0.25, 0.3) is 0 Å². The van der Waals surface area contributed by atoms with Gasteiger partial charge >= 0.3 is 0 Å². The molecule has 102 valence electrons. The number of piperazine rings is 1. The summed E-state index contributed by atoms with van der Waals surface area (Å²) in [5.74, 6) is 0.578. The van der Waals surface area contributed by atoms with Crippen LogP contribution in [-0.4, -0.2) is 51.6 Å². The molecule has 0 aromatic carbocycles. The number of rotatable bonds is 4. The van der Waals surface area contributed by atoms with Crippen molar-refractivity contribution in [2.75, 3.05) is 25.1 Å². The van der Waals surface area contributed by atoms with Crippen LogP contribution in [0.5, 0.6) is 0 Å². The van der Waals surface area contributed by atoms with Gasteiger partial charge in [-0.25, -0.2) is 0 Å². The predicted octanol–water partition coefficient (Wildman–Crippen LogP) is 0.0262. The van der Waals surface area contributed by atoms with Crippen LogP contribution in [0.4, 0.5) is 0 Å². The van der Waals surface area contributed by atoms with Crippen molar-refractivity contribution in [3.63, 3.8) is 0 Å². The Bertz CT molecular complexity index is 378. The first-order chi connectivity index (χ1) is 8.53. The molecule has 0 aromatic rings. The normalized spacial score (nSPS) is 24.4. The lowest BCUT2D eigenvalue weighted by atomic mass is 9.93. The molecule has 1 N–H and O–H groups in total. The van der Waals surface area contributed by atoms with E-state index in [4.69, 9.17) is 0 Å². The highest BCUT2D eigenvalue weighted by molar-refractivity contribution is 7.84. The molecule has 18 heavy (non-hydrogen) atoms. The Morgan fingerprint density at radius 2 is 2.00 bits per heavy atom. The molecular weight excluding hydrogens is 252 g/mol. The van der Waals surface area contributed by atoms with E-state index >= 15 is 0 Å². The van der Waals surface area contributed by atoms with Crippen LogP contribution in [0.3, 0.4) is 0 Å². The summed E-state index contributed by atoms with van der Waals surface area (Å²) < 4.78 is 11.0. The topological polar surface area (TPSA) is 66.5 Å². The lowest BCUT2D eigenvalue weighted by molar-refractivity contribution is -0.149. The number of carbonyl (C=O) groups excluding carboxylic acids is 2. The average molecular weight is 272 g/mol. The second-order valence-corrected chi connectivity index (χ2v) is 6.75. The van der Waals surface area contributed by atoms with E-state index in [2.05, 4.69) is 5.32 Å². The fourth-order valence-corrected chi connectivity index (χ4v) is 3.40. The third-order valence-corrected chi connectivity index (χ3v) is 4.59. The van der Waals surface area contributed by atoms with Crippen LogP contribution in [0.1, 0.15) is 32.1 Å². The molecule has 2 fully saturated rings. The molecule has 1 heterocycles. The van der Waals surface area contributed by atoms with Crippen LogP contribution in [0, 0.1) is 0 Å². The second-order valence-electron chi connectivity index (χ2n) is 5.19.